The number of nitrogens with zero attached hydrogens (tertiary/aromatic N) is 3. The van der Waals surface area contributed by atoms with Crippen LogP contribution in [-0.4, -0.2) is 89.1 Å². The summed E-state index contributed by atoms with van der Waals surface area (Å²) in [6.45, 7) is 5.24. The molecule has 0 radical (unpaired) electrons. The van der Waals surface area contributed by atoms with E-state index in [0.29, 0.717) is 35.8 Å². The molecular formula is C24H35N3O5. The second-order valence-corrected chi connectivity index (χ2v) is 8.36. The molecule has 0 N–H and O–H groups in total. The van der Waals surface area contributed by atoms with Crippen LogP contribution in [0.15, 0.2) is 40.5 Å². The predicted molar refractivity (Wildman–Crippen MR) is 124 cm³/mol. The molecule has 0 aromatic heterocycles. The van der Waals surface area contributed by atoms with E-state index in [1.807, 2.05) is 62.3 Å². The van der Waals surface area contributed by atoms with Gasteiger partial charge in [-0.3, -0.25) is 9.79 Å². The molecule has 0 amide bonds. The van der Waals surface area contributed by atoms with Gasteiger partial charge in [-0.15, -0.1) is 0 Å². The second kappa shape index (κ2) is 11.8. The van der Waals surface area contributed by atoms with E-state index in [2.05, 4.69) is 4.99 Å². The Balaban J connectivity index is 2.48. The largest absolute Gasteiger partial charge is 0.496 e. The third kappa shape index (κ3) is 6.40. The van der Waals surface area contributed by atoms with Crippen LogP contribution in [0.25, 0.3) is 0 Å². The van der Waals surface area contributed by atoms with E-state index >= 15 is 0 Å². The molecule has 1 aromatic carbocycles. The Labute approximate surface area is 190 Å². The minimum Gasteiger partial charge on any atom is -0.496 e. The van der Waals surface area contributed by atoms with Crippen LogP contribution in [0.4, 0.5) is 0 Å². The summed E-state index contributed by atoms with van der Waals surface area (Å²) in [4.78, 5) is 34.8. The monoisotopic (exact) mass is 445 g/mol. The molecule has 0 fully saturated rings. The average molecular weight is 446 g/mol. The van der Waals surface area contributed by atoms with Crippen molar-refractivity contribution in [2.75, 3.05) is 61.6 Å². The van der Waals surface area contributed by atoms with Crippen LogP contribution in [0.2, 0.25) is 0 Å². The highest BCUT2D eigenvalue weighted by Crippen LogP contribution is 2.43. The van der Waals surface area contributed by atoms with Gasteiger partial charge in [-0.2, -0.15) is 0 Å². The smallest absolute Gasteiger partial charge is 0.336 e. The SMILES string of the molecule is COc1ccccc1C1C(C(=O)OCCN(C)C)=C(C)N=C(C)C1C(=O)OCCN(C)C. The Hall–Kier alpha value is -2.71. The fourth-order valence-electron chi connectivity index (χ4n) is 3.68. The van der Waals surface area contributed by atoms with Crippen molar-refractivity contribution in [3.8, 4) is 5.75 Å². The first-order valence-corrected chi connectivity index (χ1v) is 10.7. The van der Waals surface area contributed by atoms with Crippen LogP contribution in [0.3, 0.4) is 0 Å². The highest BCUT2D eigenvalue weighted by molar-refractivity contribution is 6.07. The van der Waals surface area contributed by atoms with Gasteiger partial charge in [0, 0.05) is 36.0 Å². The van der Waals surface area contributed by atoms with Crippen molar-refractivity contribution in [1.82, 2.24) is 9.80 Å². The zero-order valence-electron chi connectivity index (χ0n) is 20.2. The predicted octanol–water partition coefficient (Wildman–Crippen LogP) is 2.35. The number of esters is 2. The van der Waals surface area contributed by atoms with E-state index in [1.54, 1.807) is 21.0 Å². The molecule has 8 heteroatoms. The average Bonchev–Trinajstić information content (AvgIpc) is 2.72. The van der Waals surface area contributed by atoms with Crippen LogP contribution >= 0.6 is 0 Å². The first-order valence-electron chi connectivity index (χ1n) is 10.7. The first kappa shape index (κ1) is 25.5. The van der Waals surface area contributed by atoms with Crippen molar-refractivity contribution in [2.45, 2.75) is 19.8 Å². The standard InChI is InChI=1S/C24H35N3O5/c1-16-20(23(28)31-14-12-26(3)4)22(18-10-8-9-11-19(18)30-7)21(17(2)25-16)24(29)32-15-13-27(5)6/h8-11,20,22H,12-15H2,1-7H3. The maximum Gasteiger partial charge on any atom is 0.336 e. The lowest BCUT2D eigenvalue weighted by atomic mass is 9.75. The summed E-state index contributed by atoms with van der Waals surface area (Å²) in [5, 5.41) is 0. The summed E-state index contributed by atoms with van der Waals surface area (Å²) >= 11 is 0. The number of hydrogen-bond donors (Lipinski definition) is 0. The number of allylic oxidation sites excluding steroid dienone is 1. The summed E-state index contributed by atoms with van der Waals surface area (Å²) in [5.41, 5.74) is 2.20. The van der Waals surface area contributed by atoms with Crippen molar-refractivity contribution in [3.63, 3.8) is 0 Å². The zero-order valence-corrected chi connectivity index (χ0v) is 20.2. The molecule has 2 rings (SSSR count). The third-order valence-electron chi connectivity index (χ3n) is 5.33. The quantitative estimate of drug-likeness (QED) is 0.512. The van der Waals surface area contributed by atoms with Crippen molar-refractivity contribution in [3.05, 3.63) is 41.1 Å². The van der Waals surface area contributed by atoms with Gasteiger partial charge in [0.05, 0.1) is 12.7 Å². The molecule has 32 heavy (non-hydrogen) atoms. The van der Waals surface area contributed by atoms with Crippen LogP contribution in [0.1, 0.15) is 25.3 Å². The van der Waals surface area contributed by atoms with E-state index in [4.69, 9.17) is 14.2 Å². The molecular weight excluding hydrogens is 410 g/mol. The van der Waals surface area contributed by atoms with Gasteiger partial charge in [0.25, 0.3) is 0 Å². The lowest BCUT2D eigenvalue weighted by Crippen LogP contribution is -2.37. The fraction of sp³-hybridized carbons (Fsp3) is 0.542. The van der Waals surface area contributed by atoms with E-state index < -0.39 is 23.8 Å². The number of rotatable bonds is 10. The molecule has 0 spiro atoms. The molecule has 1 aliphatic rings. The number of hydrogen-bond acceptors (Lipinski definition) is 8. The molecule has 8 nitrogen and oxygen atoms in total. The highest BCUT2D eigenvalue weighted by atomic mass is 16.5. The van der Waals surface area contributed by atoms with Gasteiger partial charge in [-0.05, 0) is 48.1 Å². The number of benzene rings is 1. The Bertz CT molecular complexity index is 876. The number of likely N-dealkylation sites (N-methyl/N-ethyl adjacent to an activating group) is 2. The summed E-state index contributed by atoms with van der Waals surface area (Å²) in [6.07, 6.45) is 0. The minimum atomic E-state index is -0.756. The summed E-state index contributed by atoms with van der Waals surface area (Å²) in [6, 6.07) is 7.39. The minimum absolute atomic E-state index is 0.238. The highest BCUT2D eigenvalue weighted by Gasteiger charge is 2.43. The summed E-state index contributed by atoms with van der Waals surface area (Å²) in [5.74, 6) is -1.70. The van der Waals surface area contributed by atoms with Crippen molar-refractivity contribution in [2.24, 2.45) is 10.9 Å². The number of carbonyl (C=O) groups is 2. The normalized spacial score (nSPS) is 18.6. The Morgan fingerprint density at radius 2 is 1.56 bits per heavy atom. The van der Waals surface area contributed by atoms with Crippen LogP contribution in [0.5, 0.6) is 5.75 Å². The van der Waals surface area contributed by atoms with E-state index in [-0.39, 0.29) is 13.2 Å². The Morgan fingerprint density at radius 3 is 2.16 bits per heavy atom. The maximum atomic E-state index is 13.2. The first-order chi connectivity index (χ1) is 15.2. The topological polar surface area (TPSA) is 80.7 Å². The van der Waals surface area contributed by atoms with Crippen LogP contribution in [0, 0.1) is 5.92 Å². The molecule has 2 unspecified atom stereocenters. The second-order valence-electron chi connectivity index (χ2n) is 8.36. The van der Waals surface area contributed by atoms with Gasteiger partial charge >= 0.3 is 11.9 Å². The van der Waals surface area contributed by atoms with Crippen molar-refractivity contribution < 1.29 is 23.8 Å². The third-order valence-corrected chi connectivity index (χ3v) is 5.33. The van der Waals surface area contributed by atoms with E-state index in [9.17, 15) is 9.59 Å². The number of aliphatic imine (C=N–C) groups is 1. The van der Waals surface area contributed by atoms with Gasteiger partial charge in [0.1, 0.15) is 24.9 Å². The fourth-order valence-corrected chi connectivity index (χ4v) is 3.68. The van der Waals surface area contributed by atoms with Gasteiger partial charge in [-0.1, -0.05) is 18.2 Å². The number of para-hydroxylation sites is 1. The molecule has 0 aliphatic carbocycles. The number of ether oxygens (including phenoxy) is 3. The molecule has 1 aromatic rings. The van der Waals surface area contributed by atoms with Crippen molar-refractivity contribution >= 4 is 17.7 Å². The summed E-state index contributed by atoms with van der Waals surface area (Å²) < 4.78 is 16.7. The van der Waals surface area contributed by atoms with Gasteiger partial charge in [0.15, 0.2) is 0 Å². The summed E-state index contributed by atoms with van der Waals surface area (Å²) in [7, 11) is 9.20. The molecule has 0 saturated heterocycles. The van der Waals surface area contributed by atoms with Gasteiger partial charge < -0.3 is 24.0 Å². The molecule has 1 aliphatic heterocycles. The Morgan fingerprint density at radius 1 is 0.969 bits per heavy atom. The molecule has 1 heterocycles. The molecule has 0 saturated carbocycles. The Kier molecular flexibility index (Phi) is 9.41. The molecule has 176 valence electrons. The van der Waals surface area contributed by atoms with Crippen LogP contribution in [-0.2, 0) is 19.1 Å². The van der Waals surface area contributed by atoms with Crippen LogP contribution < -0.4 is 4.74 Å². The number of carbonyl (C=O) groups excluding carboxylic acids is 2. The zero-order chi connectivity index (χ0) is 23.8. The lowest BCUT2D eigenvalue weighted by molar-refractivity contribution is -0.147. The van der Waals surface area contributed by atoms with Gasteiger partial charge in [-0.25, -0.2) is 4.79 Å². The number of methoxy groups -OCH3 is 1. The van der Waals surface area contributed by atoms with Crippen molar-refractivity contribution in [1.29, 1.82) is 0 Å². The van der Waals surface area contributed by atoms with Gasteiger partial charge in [0.2, 0.25) is 0 Å². The molecule has 0 bridgehead atoms. The maximum absolute atomic E-state index is 13.2. The van der Waals surface area contributed by atoms with E-state index in [1.165, 1.54) is 0 Å². The lowest BCUT2D eigenvalue weighted by Gasteiger charge is -2.32. The molecule has 2 atom stereocenters. The van der Waals surface area contributed by atoms with E-state index in [0.717, 1.165) is 5.56 Å².